The number of benzene rings is 1. The number of hydrogen-bond donors (Lipinski definition) is 0. The molecule has 6 rings (SSSR count). The van der Waals surface area contributed by atoms with E-state index in [0.717, 1.165) is 16.2 Å². The standard InChI is InChI=1S/C25H19Cl2N7O3S/c1-2-37-25(36)21-7-6-20(38-21)15-10-17(30-24(15)27)19-5-8-22-29-16(11-23(35)34(19)22)14-9-13(26)3-4-18(14)33-12-28-31-32-33/h3-4,6-7,9,11-12,19H,2,5,8,10H2,1H3/t19-/m0/s1. The maximum Gasteiger partial charge on any atom is 0.348 e. The Morgan fingerprint density at radius 1 is 1.21 bits per heavy atom. The van der Waals surface area contributed by atoms with E-state index < -0.39 is 0 Å². The summed E-state index contributed by atoms with van der Waals surface area (Å²) in [6.07, 6.45) is 3.24. The number of aromatic nitrogens is 6. The number of ether oxygens (including phenoxy) is 1. The number of aliphatic imine (C=N–C) groups is 1. The van der Waals surface area contributed by atoms with Crippen molar-refractivity contribution in [1.82, 2.24) is 29.8 Å². The average Bonchev–Trinajstić information content (AvgIpc) is 3.70. The fourth-order valence-corrected chi connectivity index (χ4v) is 6.21. The summed E-state index contributed by atoms with van der Waals surface area (Å²) >= 11 is 14.1. The van der Waals surface area contributed by atoms with E-state index in [1.54, 1.807) is 35.8 Å². The Morgan fingerprint density at radius 3 is 2.87 bits per heavy atom. The minimum Gasteiger partial charge on any atom is -0.462 e. The summed E-state index contributed by atoms with van der Waals surface area (Å²) < 4.78 is 8.28. The minimum absolute atomic E-state index is 0.192. The normalized spacial score (nSPS) is 16.6. The Kier molecular flexibility index (Phi) is 6.42. The van der Waals surface area contributed by atoms with E-state index in [4.69, 9.17) is 32.9 Å². The molecule has 3 aromatic heterocycles. The van der Waals surface area contributed by atoms with Crippen molar-refractivity contribution in [3.8, 4) is 16.9 Å². The molecule has 0 unspecified atom stereocenters. The molecule has 0 saturated carbocycles. The van der Waals surface area contributed by atoms with Gasteiger partial charge in [0.15, 0.2) is 0 Å². The van der Waals surface area contributed by atoms with Gasteiger partial charge in [-0.05, 0) is 54.1 Å². The second kappa shape index (κ2) is 9.90. The number of esters is 1. The van der Waals surface area contributed by atoms with Gasteiger partial charge in [-0.1, -0.05) is 23.2 Å². The van der Waals surface area contributed by atoms with Gasteiger partial charge in [0, 0.05) is 45.7 Å². The van der Waals surface area contributed by atoms with E-state index in [1.165, 1.54) is 28.4 Å². The third-order valence-corrected chi connectivity index (χ3v) is 8.09. The van der Waals surface area contributed by atoms with Crippen molar-refractivity contribution in [2.24, 2.45) is 4.99 Å². The third-order valence-electron chi connectivity index (χ3n) is 6.42. The van der Waals surface area contributed by atoms with Crippen LogP contribution in [0.2, 0.25) is 5.02 Å². The highest BCUT2D eigenvalue weighted by Gasteiger charge is 2.33. The highest BCUT2D eigenvalue weighted by Crippen LogP contribution is 2.40. The van der Waals surface area contributed by atoms with E-state index in [2.05, 4.69) is 20.5 Å². The van der Waals surface area contributed by atoms with Crippen LogP contribution in [0.3, 0.4) is 0 Å². The molecule has 192 valence electrons. The van der Waals surface area contributed by atoms with Crippen LogP contribution < -0.4 is 5.56 Å². The SMILES string of the molecule is CCOC(=O)c1ccc(C2=C(Cl)N=C([C@@H]3CCc4nc(-c5cc(Cl)ccc5-n5cnnn5)cc(=O)n43)C2)s1. The van der Waals surface area contributed by atoms with Gasteiger partial charge in [0.05, 0.1) is 24.0 Å². The van der Waals surface area contributed by atoms with Crippen molar-refractivity contribution < 1.29 is 9.53 Å². The molecule has 0 bridgehead atoms. The molecule has 0 fully saturated rings. The van der Waals surface area contributed by atoms with Gasteiger partial charge in [-0.25, -0.2) is 14.8 Å². The Bertz CT molecular complexity index is 1690. The van der Waals surface area contributed by atoms with Gasteiger partial charge in [-0.2, -0.15) is 4.68 Å². The Balaban J connectivity index is 1.29. The number of tetrazole rings is 1. The number of halogens is 2. The van der Waals surface area contributed by atoms with Gasteiger partial charge >= 0.3 is 5.97 Å². The predicted octanol–water partition coefficient (Wildman–Crippen LogP) is 4.72. The van der Waals surface area contributed by atoms with Crippen LogP contribution in [0.1, 0.15) is 46.2 Å². The highest BCUT2D eigenvalue weighted by atomic mass is 35.5. The van der Waals surface area contributed by atoms with Crippen molar-refractivity contribution >= 4 is 51.8 Å². The molecule has 1 aromatic carbocycles. The average molecular weight is 568 g/mol. The Labute approximate surface area is 230 Å². The fraction of sp³-hybridized carbons (Fsp3) is 0.240. The van der Waals surface area contributed by atoms with Crippen molar-refractivity contribution in [2.45, 2.75) is 32.2 Å². The van der Waals surface area contributed by atoms with E-state index in [1.807, 2.05) is 6.07 Å². The quantitative estimate of drug-likeness (QED) is 0.244. The molecule has 0 aliphatic carbocycles. The summed E-state index contributed by atoms with van der Waals surface area (Å²) in [5.41, 5.74) is 3.23. The van der Waals surface area contributed by atoms with Crippen LogP contribution in [-0.4, -0.2) is 48.0 Å². The topological polar surface area (TPSA) is 117 Å². The largest absolute Gasteiger partial charge is 0.462 e. The molecule has 10 nitrogen and oxygen atoms in total. The smallest absolute Gasteiger partial charge is 0.348 e. The van der Waals surface area contributed by atoms with Crippen LogP contribution in [0.15, 0.2) is 57.7 Å². The van der Waals surface area contributed by atoms with Crippen LogP contribution in [0.5, 0.6) is 0 Å². The van der Waals surface area contributed by atoms with Crippen molar-refractivity contribution in [3.05, 3.63) is 78.8 Å². The summed E-state index contributed by atoms with van der Waals surface area (Å²) in [5.74, 6) is 0.300. The first-order chi connectivity index (χ1) is 18.4. The lowest BCUT2D eigenvalue weighted by Crippen LogP contribution is -2.28. The molecule has 13 heteroatoms. The summed E-state index contributed by atoms with van der Waals surface area (Å²) in [5, 5.41) is 12.2. The predicted molar refractivity (Wildman–Crippen MR) is 144 cm³/mol. The van der Waals surface area contributed by atoms with E-state index in [9.17, 15) is 9.59 Å². The number of rotatable bonds is 6. The molecule has 1 atom stereocenters. The van der Waals surface area contributed by atoms with Gasteiger partial charge in [0.1, 0.15) is 22.2 Å². The molecule has 0 amide bonds. The summed E-state index contributed by atoms with van der Waals surface area (Å²) in [7, 11) is 0. The first-order valence-electron chi connectivity index (χ1n) is 11.8. The van der Waals surface area contributed by atoms with Crippen LogP contribution >= 0.6 is 34.5 Å². The molecule has 2 aliphatic heterocycles. The maximum atomic E-state index is 13.4. The van der Waals surface area contributed by atoms with Crippen LogP contribution in [0.25, 0.3) is 22.5 Å². The molecule has 38 heavy (non-hydrogen) atoms. The summed E-state index contributed by atoms with van der Waals surface area (Å²) in [6.45, 7) is 2.08. The van der Waals surface area contributed by atoms with Crippen LogP contribution in [-0.2, 0) is 11.2 Å². The number of allylic oxidation sites excluding steroid dienone is 1. The molecule has 0 N–H and O–H groups in total. The number of carbonyl (C=O) groups is 1. The Hall–Kier alpha value is -3.67. The van der Waals surface area contributed by atoms with Crippen molar-refractivity contribution in [3.63, 3.8) is 0 Å². The van der Waals surface area contributed by atoms with Crippen LogP contribution in [0, 0.1) is 0 Å². The van der Waals surface area contributed by atoms with Gasteiger partial charge in [0.25, 0.3) is 5.56 Å². The first kappa shape index (κ1) is 24.7. The second-order valence-electron chi connectivity index (χ2n) is 8.67. The molecule has 5 heterocycles. The van der Waals surface area contributed by atoms with E-state index in [0.29, 0.717) is 63.7 Å². The summed E-state index contributed by atoms with van der Waals surface area (Å²) in [6, 6.07) is 10.1. The molecule has 0 saturated heterocycles. The lowest BCUT2D eigenvalue weighted by atomic mass is 10.0. The number of nitrogens with zero attached hydrogens (tertiary/aromatic N) is 7. The number of carbonyl (C=O) groups excluding carboxylic acids is 1. The van der Waals surface area contributed by atoms with Gasteiger partial charge in [-0.3, -0.25) is 9.36 Å². The van der Waals surface area contributed by atoms with E-state index >= 15 is 0 Å². The molecule has 4 aromatic rings. The number of aryl methyl sites for hydroxylation is 1. The third kappa shape index (κ3) is 4.36. The molecule has 0 radical (unpaired) electrons. The molecular formula is C25H19Cl2N7O3S. The zero-order valence-electron chi connectivity index (χ0n) is 20.0. The maximum absolute atomic E-state index is 13.4. The number of thiophene rings is 1. The van der Waals surface area contributed by atoms with Gasteiger partial charge in [-0.15, -0.1) is 16.4 Å². The van der Waals surface area contributed by atoms with Crippen molar-refractivity contribution in [1.29, 1.82) is 0 Å². The highest BCUT2D eigenvalue weighted by molar-refractivity contribution is 7.15. The molecule has 0 spiro atoms. The monoisotopic (exact) mass is 567 g/mol. The van der Waals surface area contributed by atoms with Gasteiger partial charge < -0.3 is 4.74 Å². The van der Waals surface area contributed by atoms with Crippen LogP contribution in [0.4, 0.5) is 0 Å². The molecule has 2 aliphatic rings. The first-order valence-corrected chi connectivity index (χ1v) is 13.4. The Morgan fingerprint density at radius 2 is 2.08 bits per heavy atom. The fourth-order valence-electron chi connectivity index (χ4n) is 4.76. The lowest BCUT2D eigenvalue weighted by molar-refractivity contribution is 0.0532. The minimum atomic E-state index is -0.360. The van der Waals surface area contributed by atoms with Gasteiger partial charge in [0.2, 0.25) is 0 Å². The zero-order valence-corrected chi connectivity index (χ0v) is 22.3. The van der Waals surface area contributed by atoms with Crippen molar-refractivity contribution in [2.75, 3.05) is 6.61 Å². The zero-order chi connectivity index (χ0) is 26.4. The molecular weight excluding hydrogens is 549 g/mol. The summed E-state index contributed by atoms with van der Waals surface area (Å²) in [4.78, 5) is 36.3. The second-order valence-corrected chi connectivity index (χ2v) is 10.5. The number of fused-ring (bicyclic) bond motifs is 1. The van der Waals surface area contributed by atoms with E-state index in [-0.39, 0.29) is 17.6 Å². The lowest BCUT2D eigenvalue weighted by Gasteiger charge is -2.16. The number of hydrogen-bond acceptors (Lipinski definition) is 9.